The molecule has 3 aromatic carbocycles. The zero-order valence-electron chi connectivity index (χ0n) is 17.9. The number of hydrogen-bond donors (Lipinski definition) is 1. The minimum atomic E-state index is -0.165. The summed E-state index contributed by atoms with van der Waals surface area (Å²) in [7, 11) is 1.62. The summed E-state index contributed by atoms with van der Waals surface area (Å²) in [6.07, 6.45) is 0. The Balaban J connectivity index is 1.60. The molecular formula is C24H20Cl2N4O2S. The topological polar surface area (TPSA) is 69.0 Å². The van der Waals surface area contributed by atoms with Gasteiger partial charge < -0.3 is 10.1 Å². The fourth-order valence-corrected chi connectivity index (χ4v) is 4.23. The minimum absolute atomic E-state index is 0.153. The molecule has 0 aliphatic carbocycles. The lowest BCUT2D eigenvalue weighted by molar-refractivity contribution is -0.113. The Morgan fingerprint density at radius 2 is 1.76 bits per heavy atom. The van der Waals surface area contributed by atoms with Crippen molar-refractivity contribution in [3.05, 3.63) is 82.3 Å². The van der Waals surface area contributed by atoms with Crippen molar-refractivity contribution in [3.63, 3.8) is 0 Å². The molecule has 4 rings (SSSR count). The predicted octanol–water partition coefficient (Wildman–Crippen LogP) is 6.29. The first kappa shape index (κ1) is 23.2. The molecule has 0 fully saturated rings. The molecule has 1 aromatic heterocycles. The lowest BCUT2D eigenvalue weighted by Crippen LogP contribution is -2.15. The van der Waals surface area contributed by atoms with Crippen molar-refractivity contribution < 1.29 is 9.53 Å². The summed E-state index contributed by atoms with van der Waals surface area (Å²) in [6.45, 7) is 1.86. The van der Waals surface area contributed by atoms with Gasteiger partial charge in [-0.25, -0.2) is 0 Å². The molecule has 1 N–H and O–H groups in total. The van der Waals surface area contributed by atoms with Crippen LogP contribution in [0.25, 0.3) is 17.1 Å². The molecule has 0 bridgehead atoms. The molecular weight excluding hydrogens is 479 g/mol. The molecule has 4 aromatic rings. The molecule has 0 saturated carbocycles. The zero-order chi connectivity index (χ0) is 23.4. The number of thioether (sulfide) groups is 1. The molecule has 0 unspecified atom stereocenters. The number of methoxy groups -OCH3 is 1. The monoisotopic (exact) mass is 498 g/mol. The SMILES string of the molecule is COc1ccc(-c2nnc(SCC(=O)Nc3cccc(Cl)c3C)n2-c2ccc(Cl)cc2)cc1. The van der Waals surface area contributed by atoms with Gasteiger partial charge >= 0.3 is 0 Å². The average Bonchev–Trinajstić information content (AvgIpc) is 3.25. The van der Waals surface area contributed by atoms with Gasteiger partial charge in [0.1, 0.15) is 5.75 Å². The molecule has 33 heavy (non-hydrogen) atoms. The van der Waals surface area contributed by atoms with Crippen LogP contribution in [0.4, 0.5) is 5.69 Å². The molecule has 0 spiro atoms. The van der Waals surface area contributed by atoms with Gasteiger partial charge in [0.25, 0.3) is 0 Å². The van der Waals surface area contributed by atoms with Crippen molar-refractivity contribution in [2.75, 3.05) is 18.2 Å². The van der Waals surface area contributed by atoms with Crippen molar-refractivity contribution in [1.82, 2.24) is 14.8 Å². The maximum Gasteiger partial charge on any atom is 0.234 e. The number of carbonyl (C=O) groups is 1. The van der Waals surface area contributed by atoms with E-state index in [1.54, 1.807) is 31.4 Å². The van der Waals surface area contributed by atoms with Crippen LogP contribution in [0.5, 0.6) is 5.75 Å². The van der Waals surface area contributed by atoms with Gasteiger partial charge in [0.05, 0.1) is 12.9 Å². The fourth-order valence-electron chi connectivity index (χ4n) is 3.17. The van der Waals surface area contributed by atoms with Gasteiger partial charge in [-0.15, -0.1) is 10.2 Å². The molecule has 0 radical (unpaired) electrons. The highest BCUT2D eigenvalue weighted by Crippen LogP contribution is 2.30. The Bertz CT molecular complexity index is 1270. The molecule has 9 heteroatoms. The highest BCUT2D eigenvalue weighted by molar-refractivity contribution is 7.99. The van der Waals surface area contributed by atoms with Gasteiger partial charge in [-0.3, -0.25) is 9.36 Å². The summed E-state index contributed by atoms with van der Waals surface area (Å²) in [4.78, 5) is 12.6. The Morgan fingerprint density at radius 1 is 1.03 bits per heavy atom. The number of nitrogens with one attached hydrogen (secondary N) is 1. The summed E-state index contributed by atoms with van der Waals surface area (Å²) < 4.78 is 7.16. The van der Waals surface area contributed by atoms with Crippen molar-refractivity contribution >= 4 is 46.6 Å². The molecule has 0 atom stereocenters. The third-order valence-corrected chi connectivity index (χ3v) is 6.53. The lowest BCUT2D eigenvalue weighted by Gasteiger charge is -2.12. The van der Waals surface area contributed by atoms with E-state index >= 15 is 0 Å². The predicted molar refractivity (Wildman–Crippen MR) is 134 cm³/mol. The van der Waals surface area contributed by atoms with E-state index in [-0.39, 0.29) is 11.7 Å². The van der Waals surface area contributed by atoms with E-state index in [9.17, 15) is 4.79 Å². The van der Waals surface area contributed by atoms with Gasteiger partial charge in [0.2, 0.25) is 5.91 Å². The van der Waals surface area contributed by atoms with Crippen LogP contribution < -0.4 is 10.1 Å². The number of nitrogens with zero attached hydrogens (tertiary/aromatic N) is 3. The quantitative estimate of drug-likeness (QED) is 0.303. The number of benzene rings is 3. The van der Waals surface area contributed by atoms with Crippen LogP contribution in [0.3, 0.4) is 0 Å². The number of aromatic nitrogens is 3. The number of hydrogen-bond acceptors (Lipinski definition) is 5. The number of halogens is 2. The van der Waals surface area contributed by atoms with E-state index in [2.05, 4.69) is 15.5 Å². The second-order valence-electron chi connectivity index (χ2n) is 7.10. The second kappa shape index (κ2) is 10.3. The first-order valence-corrected chi connectivity index (χ1v) is 11.7. The van der Waals surface area contributed by atoms with E-state index in [1.807, 2.05) is 54.0 Å². The standard InChI is InChI=1S/C24H20Cl2N4O2S/c1-15-20(26)4-3-5-21(15)27-22(31)14-33-24-29-28-23(16-6-12-19(32-2)13-7-16)30(24)18-10-8-17(25)9-11-18/h3-13H,14H2,1-2H3,(H,27,31). The van der Waals surface area contributed by atoms with E-state index < -0.39 is 0 Å². The van der Waals surface area contributed by atoms with E-state index in [4.69, 9.17) is 27.9 Å². The van der Waals surface area contributed by atoms with Gasteiger partial charge in [0.15, 0.2) is 11.0 Å². The van der Waals surface area contributed by atoms with E-state index in [1.165, 1.54) is 11.8 Å². The van der Waals surface area contributed by atoms with Crippen LogP contribution in [0.1, 0.15) is 5.56 Å². The summed E-state index contributed by atoms with van der Waals surface area (Å²) in [5.41, 5.74) is 3.21. The maximum absolute atomic E-state index is 12.6. The number of amides is 1. The van der Waals surface area contributed by atoms with E-state index in [0.717, 1.165) is 22.6 Å². The van der Waals surface area contributed by atoms with Crippen LogP contribution >= 0.6 is 35.0 Å². The van der Waals surface area contributed by atoms with Gasteiger partial charge in [-0.2, -0.15) is 0 Å². The molecule has 0 aliphatic heterocycles. The molecule has 0 aliphatic rings. The number of ether oxygens (including phenoxy) is 1. The minimum Gasteiger partial charge on any atom is -0.497 e. The molecule has 168 valence electrons. The first-order valence-electron chi connectivity index (χ1n) is 10.00. The second-order valence-corrected chi connectivity index (χ2v) is 8.88. The Labute approximate surface area is 205 Å². The van der Waals surface area contributed by atoms with E-state index in [0.29, 0.717) is 26.7 Å². The van der Waals surface area contributed by atoms with Crippen LogP contribution in [-0.2, 0) is 4.79 Å². The third-order valence-electron chi connectivity index (χ3n) is 4.94. The van der Waals surface area contributed by atoms with Crippen LogP contribution in [0.15, 0.2) is 71.9 Å². The van der Waals surface area contributed by atoms with Crippen molar-refractivity contribution in [3.8, 4) is 22.8 Å². The summed E-state index contributed by atoms with van der Waals surface area (Å²) >= 11 is 13.5. The van der Waals surface area contributed by atoms with Gasteiger partial charge in [-0.05, 0) is 73.2 Å². The lowest BCUT2D eigenvalue weighted by atomic mass is 10.2. The maximum atomic E-state index is 12.6. The normalized spacial score (nSPS) is 10.8. The molecule has 1 heterocycles. The van der Waals surface area contributed by atoms with Crippen LogP contribution in [-0.4, -0.2) is 33.5 Å². The molecule has 0 saturated heterocycles. The molecule has 6 nitrogen and oxygen atoms in total. The highest BCUT2D eigenvalue weighted by Gasteiger charge is 2.18. The largest absolute Gasteiger partial charge is 0.497 e. The Morgan fingerprint density at radius 3 is 2.45 bits per heavy atom. The van der Waals surface area contributed by atoms with Crippen molar-refractivity contribution in [2.45, 2.75) is 12.1 Å². The summed E-state index contributed by atoms with van der Waals surface area (Å²) in [5, 5.41) is 13.5. The van der Waals surface area contributed by atoms with Crippen LogP contribution in [0.2, 0.25) is 10.0 Å². The third kappa shape index (κ3) is 5.33. The zero-order valence-corrected chi connectivity index (χ0v) is 20.2. The van der Waals surface area contributed by atoms with Gasteiger partial charge in [-0.1, -0.05) is 41.0 Å². The Hall–Kier alpha value is -3.00. The smallest absolute Gasteiger partial charge is 0.234 e. The Kier molecular flexibility index (Phi) is 7.23. The van der Waals surface area contributed by atoms with Crippen molar-refractivity contribution in [2.24, 2.45) is 0 Å². The summed E-state index contributed by atoms with van der Waals surface area (Å²) in [5.74, 6) is 1.38. The average molecular weight is 499 g/mol. The first-order chi connectivity index (χ1) is 16.0. The molecule has 1 amide bonds. The fraction of sp³-hybridized carbons (Fsp3) is 0.125. The number of carbonyl (C=O) groups excluding carboxylic acids is 1. The number of anilines is 1. The van der Waals surface area contributed by atoms with Crippen molar-refractivity contribution in [1.29, 1.82) is 0 Å². The summed E-state index contributed by atoms with van der Waals surface area (Å²) in [6, 6.07) is 20.4. The van der Waals surface area contributed by atoms with Crippen LogP contribution in [0, 0.1) is 6.92 Å². The number of rotatable bonds is 7. The highest BCUT2D eigenvalue weighted by atomic mass is 35.5. The van der Waals surface area contributed by atoms with Gasteiger partial charge in [0, 0.05) is 27.0 Å².